The number of benzene rings is 1. The highest BCUT2D eigenvalue weighted by Gasteiger charge is 2.48. The molecule has 1 saturated heterocycles. The molecule has 1 N–H and O–H groups in total. The molecule has 1 fully saturated rings. The molecule has 2 aromatic rings. The predicted octanol–water partition coefficient (Wildman–Crippen LogP) is 3.05. The Kier molecular flexibility index (Phi) is 4.74. The van der Waals surface area contributed by atoms with Crippen molar-refractivity contribution in [2.24, 2.45) is 0 Å². The molecular formula is C15H15F3N2O4S. The maximum absolute atomic E-state index is 12.4. The molecule has 2 heterocycles. The first-order valence-electron chi connectivity index (χ1n) is 7.49. The van der Waals surface area contributed by atoms with E-state index in [1.165, 1.54) is 12.1 Å². The van der Waals surface area contributed by atoms with E-state index in [9.17, 15) is 21.6 Å². The highest BCUT2D eigenvalue weighted by Crippen LogP contribution is 2.29. The van der Waals surface area contributed by atoms with Gasteiger partial charge in [-0.25, -0.2) is 0 Å². The van der Waals surface area contributed by atoms with Gasteiger partial charge in [-0.05, 0) is 37.1 Å². The molecule has 136 valence electrons. The smallest absolute Gasteiger partial charge is 0.379 e. The van der Waals surface area contributed by atoms with E-state index in [4.69, 9.17) is 4.74 Å². The third-order valence-electron chi connectivity index (χ3n) is 3.67. The average Bonchev–Trinajstić information content (AvgIpc) is 2.54. The number of hydrogen-bond acceptors (Lipinski definition) is 6. The minimum absolute atomic E-state index is 0.123. The van der Waals surface area contributed by atoms with E-state index >= 15 is 0 Å². The summed E-state index contributed by atoms with van der Waals surface area (Å²) in [7, 11) is -5.70. The molecule has 0 spiro atoms. The normalized spacial score (nSPS) is 18.9. The van der Waals surface area contributed by atoms with Crippen LogP contribution in [0.2, 0.25) is 0 Å². The van der Waals surface area contributed by atoms with E-state index in [0.29, 0.717) is 23.2 Å². The molecule has 1 aromatic heterocycles. The summed E-state index contributed by atoms with van der Waals surface area (Å²) < 4.78 is 68.9. The molecule has 6 nitrogen and oxygen atoms in total. The number of hydrogen-bond donors (Lipinski definition) is 1. The number of rotatable bonds is 4. The lowest BCUT2D eigenvalue weighted by Gasteiger charge is -2.24. The maximum atomic E-state index is 12.4. The second kappa shape index (κ2) is 6.68. The molecule has 1 aromatic carbocycles. The molecule has 25 heavy (non-hydrogen) atoms. The summed E-state index contributed by atoms with van der Waals surface area (Å²) >= 11 is 0. The fraction of sp³-hybridized carbons (Fsp3) is 0.400. The van der Waals surface area contributed by atoms with Crippen LogP contribution in [0.1, 0.15) is 12.8 Å². The number of nitrogens with zero attached hydrogens (tertiary/aromatic N) is 1. The number of ether oxygens (including phenoxy) is 1. The van der Waals surface area contributed by atoms with Crippen molar-refractivity contribution in [3.05, 3.63) is 30.5 Å². The minimum atomic E-state index is -5.70. The first-order chi connectivity index (χ1) is 11.7. The van der Waals surface area contributed by atoms with Gasteiger partial charge >= 0.3 is 15.6 Å². The molecule has 1 aliphatic rings. The Morgan fingerprint density at radius 2 is 2.08 bits per heavy atom. The van der Waals surface area contributed by atoms with E-state index in [1.807, 2.05) is 0 Å². The minimum Gasteiger partial charge on any atom is -0.379 e. The third-order valence-corrected chi connectivity index (χ3v) is 4.65. The monoisotopic (exact) mass is 376 g/mol. The molecule has 0 radical (unpaired) electrons. The van der Waals surface area contributed by atoms with Gasteiger partial charge < -0.3 is 14.2 Å². The summed E-state index contributed by atoms with van der Waals surface area (Å²) in [6, 6.07) is 5.51. The van der Waals surface area contributed by atoms with Crippen molar-refractivity contribution in [3.63, 3.8) is 0 Å². The predicted molar refractivity (Wildman–Crippen MR) is 84.8 cm³/mol. The van der Waals surface area contributed by atoms with E-state index in [-0.39, 0.29) is 6.04 Å². The van der Waals surface area contributed by atoms with Crippen LogP contribution in [-0.2, 0) is 14.9 Å². The van der Waals surface area contributed by atoms with Crippen molar-refractivity contribution < 1.29 is 30.5 Å². The molecule has 0 saturated carbocycles. The van der Waals surface area contributed by atoms with Crippen LogP contribution in [0.15, 0.2) is 30.5 Å². The molecule has 10 heteroatoms. The van der Waals surface area contributed by atoms with Gasteiger partial charge in [-0.1, -0.05) is 0 Å². The van der Waals surface area contributed by atoms with Crippen molar-refractivity contribution in [2.45, 2.75) is 24.4 Å². The number of pyridine rings is 1. The van der Waals surface area contributed by atoms with Crippen LogP contribution in [0.4, 0.5) is 18.9 Å². The Morgan fingerprint density at radius 1 is 1.28 bits per heavy atom. The topological polar surface area (TPSA) is 77.5 Å². The zero-order valence-corrected chi connectivity index (χ0v) is 13.7. The number of aromatic nitrogens is 1. The standard InChI is InChI=1S/C15H15F3N2O4S/c16-15(17,18)25(21,22)24-13-3-4-14-10(7-13)6-12(8-19-14)20-11-2-1-5-23-9-11/h3-4,6-8,11,20H,1-2,5,9H2. The summed E-state index contributed by atoms with van der Waals surface area (Å²) in [6.07, 6.45) is 3.47. The summed E-state index contributed by atoms with van der Waals surface area (Å²) in [6.45, 7) is 1.29. The summed E-state index contributed by atoms with van der Waals surface area (Å²) in [5.41, 5.74) is -4.31. The summed E-state index contributed by atoms with van der Waals surface area (Å²) in [5.74, 6) is -0.426. The Morgan fingerprint density at radius 3 is 2.76 bits per heavy atom. The van der Waals surface area contributed by atoms with Crippen LogP contribution in [0.5, 0.6) is 5.75 Å². The Labute approximate surface area is 142 Å². The van der Waals surface area contributed by atoms with Gasteiger partial charge in [-0.15, -0.1) is 0 Å². The quantitative estimate of drug-likeness (QED) is 0.653. The van der Waals surface area contributed by atoms with Gasteiger partial charge in [0.25, 0.3) is 0 Å². The van der Waals surface area contributed by atoms with Crippen molar-refractivity contribution in [3.8, 4) is 5.75 Å². The molecular weight excluding hydrogens is 361 g/mol. The van der Waals surface area contributed by atoms with Crippen molar-refractivity contribution in [2.75, 3.05) is 18.5 Å². The number of fused-ring (bicyclic) bond motifs is 1. The fourth-order valence-electron chi connectivity index (χ4n) is 2.50. The highest BCUT2D eigenvalue weighted by molar-refractivity contribution is 7.88. The van der Waals surface area contributed by atoms with Crippen LogP contribution in [0, 0.1) is 0 Å². The van der Waals surface area contributed by atoms with E-state index in [0.717, 1.165) is 25.5 Å². The molecule has 0 amide bonds. The first-order valence-corrected chi connectivity index (χ1v) is 8.90. The van der Waals surface area contributed by atoms with Gasteiger partial charge in [0.05, 0.1) is 24.0 Å². The van der Waals surface area contributed by atoms with Crippen LogP contribution >= 0.6 is 0 Å². The van der Waals surface area contributed by atoms with Crippen LogP contribution < -0.4 is 9.50 Å². The Balaban J connectivity index is 1.83. The van der Waals surface area contributed by atoms with Crippen LogP contribution in [0.25, 0.3) is 10.9 Å². The van der Waals surface area contributed by atoms with Crippen molar-refractivity contribution in [1.29, 1.82) is 0 Å². The zero-order chi connectivity index (χ0) is 18.1. The molecule has 1 unspecified atom stereocenters. The van der Waals surface area contributed by atoms with Gasteiger partial charge in [0.15, 0.2) is 0 Å². The fourth-order valence-corrected chi connectivity index (χ4v) is 2.96. The van der Waals surface area contributed by atoms with Gasteiger partial charge in [0.1, 0.15) is 5.75 Å². The SMILES string of the molecule is O=S(=O)(Oc1ccc2ncc(NC3CCCOC3)cc2c1)C(F)(F)F. The highest BCUT2D eigenvalue weighted by atomic mass is 32.2. The maximum Gasteiger partial charge on any atom is 0.534 e. The second-order valence-electron chi connectivity index (χ2n) is 5.62. The Bertz CT molecular complexity index is 865. The number of anilines is 1. The molecule has 0 bridgehead atoms. The van der Waals surface area contributed by atoms with Gasteiger partial charge in [-0.3, -0.25) is 4.98 Å². The van der Waals surface area contributed by atoms with Crippen LogP contribution in [0.3, 0.4) is 0 Å². The lowest BCUT2D eigenvalue weighted by atomic mass is 10.1. The van der Waals surface area contributed by atoms with E-state index < -0.39 is 21.4 Å². The molecule has 3 rings (SSSR count). The second-order valence-corrected chi connectivity index (χ2v) is 7.16. The number of halogens is 3. The third kappa shape index (κ3) is 4.13. The largest absolute Gasteiger partial charge is 0.534 e. The Hall–Kier alpha value is -2.07. The van der Waals surface area contributed by atoms with Crippen molar-refractivity contribution in [1.82, 2.24) is 4.98 Å². The lowest BCUT2D eigenvalue weighted by molar-refractivity contribution is -0.0500. The average molecular weight is 376 g/mol. The van der Waals surface area contributed by atoms with Gasteiger partial charge in [-0.2, -0.15) is 21.6 Å². The van der Waals surface area contributed by atoms with E-state index in [1.54, 1.807) is 12.3 Å². The van der Waals surface area contributed by atoms with E-state index in [2.05, 4.69) is 14.5 Å². The number of alkyl halides is 3. The summed E-state index contributed by atoms with van der Waals surface area (Å²) in [4.78, 5) is 4.20. The number of nitrogens with one attached hydrogen (secondary N) is 1. The van der Waals surface area contributed by atoms with Gasteiger partial charge in [0.2, 0.25) is 0 Å². The molecule has 0 aliphatic carbocycles. The summed E-state index contributed by atoms with van der Waals surface area (Å²) in [5, 5.41) is 3.69. The molecule has 1 atom stereocenters. The van der Waals surface area contributed by atoms with Crippen molar-refractivity contribution >= 4 is 26.7 Å². The molecule has 1 aliphatic heterocycles. The van der Waals surface area contributed by atoms with Crippen LogP contribution in [-0.4, -0.2) is 38.2 Å². The lowest BCUT2D eigenvalue weighted by Crippen LogP contribution is -2.29. The first kappa shape index (κ1) is 17.7. The zero-order valence-electron chi connectivity index (χ0n) is 12.9. The van der Waals surface area contributed by atoms with Gasteiger partial charge in [0, 0.05) is 18.0 Å².